The molecule has 0 aliphatic carbocycles. The van der Waals surface area contributed by atoms with Crippen molar-refractivity contribution in [3.8, 4) is 0 Å². The standard InChI is InChI=1S/C12H17N3O2S/c1-9(2)7-8-18(16,17)15-12-13-10-5-3-4-6-11(10)14-12/h3-6,9H,7-8H2,1-2H3,(H2,13,14,15). The van der Waals surface area contributed by atoms with Gasteiger partial charge in [-0.15, -0.1) is 0 Å². The van der Waals surface area contributed by atoms with Crippen LogP contribution in [0.15, 0.2) is 24.3 Å². The Balaban J connectivity index is 2.13. The number of sulfonamides is 1. The van der Waals surface area contributed by atoms with Crippen LogP contribution in [0.3, 0.4) is 0 Å². The molecule has 98 valence electrons. The van der Waals surface area contributed by atoms with Gasteiger partial charge in [0.1, 0.15) is 0 Å². The van der Waals surface area contributed by atoms with Gasteiger partial charge >= 0.3 is 0 Å². The average molecular weight is 267 g/mol. The van der Waals surface area contributed by atoms with Crippen LogP contribution >= 0.6 is 0 Å². The zero-order chi connectivity index (χ0) is 13.2. The Kier molecular flexibility index (Phi) is 3.56. The van der Waals surface area contributed by atoms with Crippen LogP contribution in [0.5, 0.6) is 0 Å². The summed E-state index contributed by atoms with van der Waals surface area (Å²) in [5.41, 5.74) is 1.57. The van der Waals surface area contributed by atoms with Gasteiger partial charge in [0, 0.05) is 0 Å². The Labute approximate surface area is 107 Å². The summed E-state index contributed by atoms with van der Waals surface area (Å²) in [4.78, 5) is 7.12. The van der Waals surface area contributed by atoms with E-state index in [0.717, 1.165) is 11.0 Å². The van der Waals surface area contributed by atoms with Gasteiger partial charge in [-0.3, -0.25) is 4.72 Å². The van der Waals surface area contributed by atoms with Crippen molar-refractivity contribution in [3.63, 3.8) is 0 Å². The fourth-order valence-corrected chi connectivity index (χ4v) is 2.87. The van der Waals surface area contributed by atoms with Gasteiger partial charge in [-0.2, -0.15) is 0 Å². The van der Waals surface area contributed by atoms with Crippen LogP contribution in [0.2, 0.25) is 0 Å². The van der Waals surface area contributed by atoms with Crippen molar-refractivity contribution in [1.29, 1.82) is 0 Å². The molecule has 6 heteroatoms. The number of rotatable bonds is 5. The number of hydrogen-bond acceptors (Lipinski definition) is 3. The van der Waals surface area contributed by atoms with E-state index in [-0.39, 0.29) is 11.7 Å². The van der Waals surface area contributed by atoms with Gasteiger partial charge in [0.2, 0.25) is 16.0 Å². The number of nitrogens with one attached hydrogen (secondary N) is 2. The summed E-state index contributed by atoms with van der Waals surface area (Å²) in [6.45, 7) is 3.99. The molecule has 5 nitrogen and oxygen atoms in total. The quantitative estimate of drug-likeness (QED) is 0.873. The average Bonchev–Trinajstić information content (AvgIpc) is 2.67. The molecular weight excluding hydrogens is 250 g/mol. The Morgan fingerprint density at radius 1 is 1.33 bits per heavy atom. The van der Waals surface area contributed by atoms with Gasteiger partial charge < -0.3 is 4.98 Å². The molecule has 0 unspecified atom stereocenters. The zero-order valence-electron chi connectivity index (χ0n) is 10.5. The lowest BCUT2D eigenvalue weighted by atomic mass is 10.2. The summed E-state index contributed by atoms with van der Waals surface area (Å²) in [7, 11) is -3.32. The Bertz CT molecular complexity index is 599. The number of H-pyrrole nitrogens is 1. The zero-order valence-corrected chi connectivity index (χ0v) is 11.3. The molecule has 0 fully saturated rings. The van der Waals surface area contributed by atoms with Crippen molar-refractivity contribution in [3.05, 3.63) is 24.3 Å². The minimum absolute atomic E-state index is 0.113. The molecule has 0 spiro atoms. The highest BCUT2D eigenvalue weighted by atomic mass is 32.2. The molecule has 0 radical (unpaired) electrons. The summed E-state index contributed by atoms with van der Waals surface area (Å²) >= 11 is 0. The van der Waals surface area contributed by atoms with E-state index in [2.05, 4.69) is 14.7 Å². The molecule has 1 aromatic heterocycles. The molecule has 2 N–H and O–H groups in total. The number of para-hydroxylation sites is 2. The van der Waals surface area contributed by atoms with E-state index in [4.69, 9.17) is 0 Å². The molecule has 2 aromatic rings. The molecule has 0 saturated heterocycles. The number of nitrogens with zero attached hydrogens (tertiary/aromatic N) is 1. The molecule has 0 saturated carbocycles. The number of fused-ring (bicyclic) bond motifs is 1. The van der Waals surface area contributed by atoms with Crippen LogP contribution in [0, 0.1) is 5.92 Å². The summed E-state index contributed by atoms with van der Waals surface area (Å²) in [6.07, 6.45) is 0.634. The van der Waals surface area contributed by atoms with Crippen molar-refractivity contribution in [2.45, 2.75) is 20.3 Å². The van der Waals surface area contributed by atoms with Crippen molar-refractivity contribution in [2.75, 3.05) is 10.5 Å². The van der Waals surface area contributed by atoms with Crippen LogP contribution in [0.1, 0.15) is 20.3 Å². The maximum absolute atomic E-state index is 11.8. The highest BCUT2D eigenvalue weighted by Crippen LogP contribution is 2.14. The van der Waals surface area contributed by atoms with Crippen LogP contribution in [0.25, 0.3) is 11.0 Å². The molecule has 0 bridgehead atoms. The lowest BCUT2D eigenvalue weighted by molar-refractivity contribution is 0.577. The van der Waals surface area contributed by atoms with Crippen LogP contribution < -0.4 is 4.72 Å². The van der Waals surface area contributed by atoms with Gasteiger partial charge in [0.05, 0.1) is 16.8 Å². The predicted octanol–water partition coefficient (Wildman–Crippen LogP) is 2.35. The second-order valence-electron chi connectivity index (χ2n) is 4.71. The van der Waals surface area contributed by atoms with Gasteiger partial charge in [-0.05, 0) is 24.5 Å². The fraction of sp³-hybridized carbons (Fsp3) is 0.417. The molecular formula is C12H17N3O2S. The first-order valence-corrected chi connectivity index (χ1v) is 7.57. The first-order valence-electron chi connectivity index (χ1n) is 5.91. The van der Waals surface area contributed by atoms with Gasteiger partial charge in [0.25, 0.3) is 0 Å². The van der Waals surface area contributed by atoms with Crippen molar-refractivity contribution < 1.29 is 8.42 Å². The summed E-state index contributed by atoms with van der Waals surface area (Å²) in [5, 5.41) is 0. The van der Waals surface area contributed by atoms with E-state index in [1.54, 1.807) is 0 Å². The van der Waals surface area contributed by atoms with E-state index < -0.39 is 10.0 Å². The van der Waals surface area contributed by atoms with Crippen molar-refractivity contribution in [2.24, 2.45) is 5.92 Å². The number of imidazole rings is 1. The number of anilines is 1. The summed E-state index contributed by atoms with van der Waals surface area (Å²) in [5.74, 6) is 0.749. The lowest BCUT2D eigenvalue weighted by Crippen LogP contribution is -2.18. The maximum atomic E-state index is 11.8. The Morgan fingerprint density at radius 2 is 2.06 bits per heavy atom. The molecule has 18 heavy (non-hydrogen) atoms. The molecule has 2 rings (SSSR count). The maximum Gasteiger partial charge on any atom is 0.235 e. The monoisotopic (exact) mass is 267 g/mol. The molecule has 0 amide bonds. The number of aromatic nitrogens is 2. The van der Waals surface area contributed by atoms with Gasteiger partial charge in [-0.25, -0.2) is 13.4 Å². The third kappa shape index (κ3) is 3.22. The lowest BCUT2D eigenvalue weighted by Gasteiger charge is -2.06. The summed E-state index contributed by atoms with van der Waals surface area (Å²) < 4.78 is 26.1. The van der Waals surface area contributed by atoms with Crippen LogP contribution in [-0.2, 0) is 10.0 Å². The van der Waals surface area contributed by atoms with Gasteiger partial charge in [0.15, 0.2) is 0 Å². The molecule has 1 heterocycles. The topological polar surface area (TPSA) is 74.8 Å². The Morgan fingerprint density at radius 3 is 2.72 bits per heavy atom. The molecule has 0 atom stereocenters. The SMILES string of the molecule is CC(C)CCS(=O)(=O)Nc1nc2ccccc2[nH]1. The number of benzene rings is 1. The van der Waals surface area contributed by atoms with E-state index in [1.165, 1.54) is 0 Å². The molecule has 0 aliphatic rings. The normalized spacial score (nSPS) is 12.2. The Hall–Kier alpha value is -1.56. The van der Waals surface area contributed by atoms with Crippen molar-refractivity contribution in [1.82, 2.24) is 9.97 Å². The van der Waals surface area contributed by atoms with Crippen molar-refractivity contribution >= 4 is 27.0 Å². The third-order valence-electron chi connectivity index (χ3n) is 2.61. The fourth-order valence-electron chi connectivity index (χ4n) is 1.59. The highest BCUT2D eigenvalue weighted by Gasteiger charge is 2.13. The second-order valence-corrected chi connectivity index (χ2v) is 6.55. The second kappa shape index (κ2) is 4.97. The minimum Gasteiger partial charge on any atom is -0.323 e. The predicted molar refractivity (Wildman–Crippen MR) is 73.0 cm³/mol. The highest BCUT2D eigenvalue weighted by molar-refractivity contribution is 7.92. The van der Waals surface area contributed by atoms with E-state index >= 15 is 0 Å². The third-order valence-corrected chi connectivity index (χ3v) is 3.88. The van der Waals surface area contributed by atoms with Gasteiger partial charge in [-0.1, -0.05) is 26.0 Å². The van der Waals surface area contributed by atoms with Crippen LogP contribution in [0.4, 0.5) is 5.95 Å². The van der Waals surface area contributed by atoms with E-state index in [9.17, 15) is 8.42 Å². The minimum atomic E-state index is -3.32. The first kappa shape index (κ1) is 12.9. The molecule has 0 aliphatic heterocycles. The number of aromatic amines is 1. The smallest absolute Gasteiger partial charge is 0.235 e. The van der Waals surface area contributed by atoms with E-state index in [0.29, 0.717) is 12.3 Å². The largest absolute Gasteiger partial charge is 0.323 e. The first-order chi connectivity index (χ1) is 8.46. The molecule has 1 aromatic carbocycles. The van der Waals surface area contributed by atoms with Crippen LogP contribution in [-0.4, -0.2) is 24.1 Å². The van der Waals surface area contributed by atoms with E-state index in [1.807, 2.05) is 38.1 Å². The number of hydrogen-bond donors (Lipinski definition) is 2. The summed E-state index contributed by atoms with van der Waals surface area (Å²) in [6, 6.07) is 7.42.